The molecule has 13 heavy (non-hydrogen) atoms. The van der Waals surface area contributed by atoms with Crippen molar-refractivity contribution in [2.45, 2.75) is 32.7 Å². The highest BCUT2D eigenvalue weighted by Gasteiger charge is 2.02. The molecule has 0 aromatic carbocycles. The van der Waals surface area contributed by atoms with E-state index in [1.54, 1.807) is 12.4 Å². The molecule has 1 aromatic rings. The van der Waals surface area contributed by atoms with Crippen LogP contribution in [0.5, 0.6) is 0 Å². The number of hydrogen-bond acceptors (Lipinski definition) is 3. The van der Waals surface area contributed by atoms with Crippen molar-refractivity contribution in [1.82, 2.24) is 4.98 Å². The fourth-order valence-corrected chi connectivity index (χ4v) is 1.27. The van der Waals surface area contributed by atoms with Crippen molar-refractivity contribution in [2.75, 3.05) is 11.1 Å². The molecule has 3 N–H and O–H groups in total. The van der Waals surface area contributed by atoms with E-state index in [1.165, 1.54) is 0 Å². The van der Waals surface area contributed by atoms with Gasteiger partial charge in [-0.2, -0.15) is 0 Å². The maximum absolute atomic E-state index is 5.61. The van der Waals surface area contributed by atoms with Crippen LogP contribution in [0.2, 0.25) is 0 Å². The van der Waals surface area contributed by atoms with E-state index in [9.17, 15) is 0 Å². The summed E-state index contributed by atoms with van der Waals surface area (Å²) in [6, 6.07) is 2.43. The first kappa shape index (κ1) is 9.84. The Morgan fingerprint density at radius 3 is 2.62 bits per heavy atom. The van der Waals surface area contributed by atoms with Crippen LogP contribution < -0.4 is 11.1 Å². The van der Waals surface area contributed by atoms with Crippen LogP contribution in [0.15, 0.2) is 18.5 Å². The molecule has 0 atom stereocenters. The highest BCUT2D eigenvalue weighted by atomic mass is 14.9. The monoisotopic (exact) mass is 179 g/mol. The number of pyridine rings is 1. The average Bonchev–Trinajstić information content (AvgIpc) is 2.14. The summed E-state index contributed by atoms with van der Waals surface area (Å²) in [4.78, 5) is 4.02. The molecule has 1 aromatic heterocycles. The van der Waals surface area contributed by atoms with Crippen molar-refractivity contribution < 1.29 is 0 Å². The Hall–Kier alpha value is -1.25. The summed E-state index contributed by atoms with van der Waals surface area (Å²) < 4.78 is 0. The summed E-state index contributed by atoms with van der Waals surface area (Å²) >= 11 is 0. The lowest BCUT2D eigenvalue weighted by atomic mass is 10.1. The van der Waals surface area contributed by atoms with Crippen LogP contribution in [0.25, 0.3) is 0 Å². The fraction of sp³-hybridized carbons (Fsp3) is 0.500. The van der Waals surface area contributed by atoms with Gasteiger partial charge in [0, 0.05) is 12.2 Å². The van der Waals surface area contributed by atoms with Gasteiger partial charge < -0.3 is 11.1 Å². The van der Waals surface area contributed by atoms with Crippen molar-refractivity contribution >= 4 is 11.4 Å². The third-order valence-electron chi connectivity index (χ3n) is 2.12. The SMILES string of the molecule is CCC(CC)Nc1cncc(N)c1. The predicted octanol–water partition coefficient (Wildman–Crippen LogP) is 2.26. The second kappa shape index (κ2) is 4.70. The first-order valence-electron chi connectivity index (χ1n) is 4.73. The largest absolute Gasteiger partial charge is 0.397 e. The van der Waals surface area contributed by atoms with Gasteiger partial charge in [-0.3, -0.25) is 4.98 Å². The molecule has 3 heteroatoms. The highest BCUT2D eigenvalue weighted by Crippen LogP contribution is 2.12. The lowest BCUT2D eigenvalue weighted by Gasteiger charge is -2.15. The molecular weight excluding hydrogens is 162 g/mol. The van der Waals surface area contributed by atoms with Crippen LogP contribution in [0, 0.1) is 0 Å². The highest BCUT2D eigenvalue weighted by molar-refractivity contribution is 5.51. The van der Waals surface area contributed by atoms with Crippen molar-refractivity contribution in [3.05, 3.63) is 18.5 Å². The summed E-state index contributed by atoms with van der Waals surface area (Å²) in [6.07, 6.45) is 5.68. The third kappa shape index (κ3) is 2.93. The number of nitrogen functional groups attached to an aromatic ring is 1. The van der Waals surface area contributed by atoms with E-state index in [-0.39, 0.29) is 0 Å². The molecule has 0 aliphatic rings. The van der Waals surface area contributed by atoms with E-state index in [0.29, 0.717) is 11.7 Å². The lowest BCUT2D eigenvalue weighted by Crippen LogP contribution is -2.17. The Morgan fingerprint density at radius 2 is 2.08 bits per heavy atom. The number of nitrogens with one attached hydrogen (secondary N) is 1. The van der Waals surface area contributed by atoms with Crippen LogP contribution in [0.1, 0.15) is 26.7 Å². The Kier molecular flexibility index (Phi) is 3.55. The number of aromatic nitrogens is 1. The van der Waals surface area contributed by atoms with Gasteiger partial charge in [-0.25, -0.2) is 0 Å². The van der Waals surface area contributed by atoms with Gasteiger partial charge in [-0.15, -0.1) is 0 Å². The molecule has 0 spiro atoms. The lowest BCUT2D eigenvalue weighted by molar-refractivity contribution is 0.671. The normalized spacial score (nSPS) is 10.4. The molecule has 0 aliphatic carbocycles. The van der Waals surface area contributed by atoms with Crippen LogP contribution in [-0.4, -0.2) is 11.0 Å². The molecule has 0 saturated carbocycles. The second-order valence-corrected chi connectivity index (χ2v) is 3.16. The van der Waals surface area contributed by atoms with Crippen molar-refractivity contribution in [3.8, 4) is 0 Å². The first-order chi connectivity index (χ1) is 6.26. The molecule has 1 rings (SSSR count). The van der Waals surface area contributed by atoms with Gasteiger partial charge in [0.05, 0.1) is 17.6 Å². The number of hydrogen-bond donors (Lipinski definition) is 2. The van der Waals surface area contributed by atoms with Crippen LogP contribution in [0.4, 0.5) is 11.4 Å². The predicted molar refractivity (Wildman–Crippen MR) is 56.6 cm³/mol. The molecule has 0 radical (unpaired) electrons. The minimum atomic E-state index is 0.517. The van der Waals surface area contributed by atoms with Crippen molar-refractivity contribution in [1.29, 1.82) is 0 Å². The topological polar surface area (TPSA) is 50.9 Å². The number of nitrogens with zero attached hydrogens (tertiary/aromatic N) is 1. The van der Waals surface area contributed by atoms with Crippen molar-refractivity contribution in [2.24, 2.45) is 0 Å². The summed E-state index contributed by atoms with van der Waals surface area (Å²) in [5, 5.41) is 3.38. The maximum Gasteiger partial charge on any atom is 0.0549 e. The van der Waals surface area contributed by atoms with E-state index in [0.717, 1.165) is 18.5 Å². The van der Waals surface area contributed by atoms with Gasteiger partial charge in [0.25, 0.3) is 0 Å². The van der Waals surface area contributed by atoms with Gasteiger partial charge in [-0.1, -0.05) is 13.8 Å². The van der Waals surface area contributed by atoms with Crippen LogP contribution >= 0.6 is 0 Å². The Morgan fingerprint density at radius 1 is 1.38 bits per heavy atom. The molecule has 72 valence electrons. The zero-order chi connectivity index (χ0) is 9.68. The van der Waals surface area contributed by atoms with E-state index in [2.05, 4.69) is 24.1 Å². The Labute approximate surface area is 79.4 Å². The first-order valence-corrected chi connectivity index (χ1v) is 4.73. The maximum atomic E-state index is 5.61. The summed E-state index contributed by atoms with van der Waals surface area (Å²) in [5.41, 5.74) is 7.33. The molecular formula is C10H17N3. The number of anilines is 2. The Balaban J connectivity index is 2.62. The van der Waals surface area contributed by atoms with Gasteiger partial charge in [-0.05, 0) is 18.9 Å². The van der Waals surface area contributed by atoms with E-state index in [1.807, 2.05) is 6.07 Å². The molecule has 0 amide bonds. The van der Waals surface area contributed by atoms with Crippen molar-refractivity contribution in [3.63, 3.8) is 0 Å². The van der Waals surface area contributed by atoms with Gasteiger partial charge in [0.2, 0.25) is 0 Å². The average molecular weight is 179 g/mol. The minimum Gasteiger partial charge on any atom is -0.397 e. The molecule has 0 aliphatic heterocycles. The summed E-state index contributed by atoms with van der Waals surface area (Å²) in [7, 11) is 0. The van der Waals surface area contributed by atoms with Gasteiger partial charge >= 0.3 is 0 Å². The summed E-state index contributed by atoms with van der Waals surface area (Å²) in [5.74, 6) is 0. The number of rotatable bonds is 4. The zero-order valence-electron chi connectivity index (χ0n) is 8.25. The van der Waals surface area contributed by atoms with E-state index >= 15 is 0 Å². The molecule has 0 fully saturated rings. The molecule has 0 unspecified atom stereocenters. The molecule has 0 bridgehead atoms. The smallest absolute Gasteiger partial charge is 0.0549 e. The summed E-state index contributed by atoms with van der Waals surface area (Å²) in [6.45, 7) is 4.34. The molecule has 3 nitrogen and oxygen atoms in total. The van der Waals surface area contributed by atoms with E-state index < -0.39 is 0 Å². The Bertz CT molecular complexity index is 256. The van der Waals surface area contributed by atoms with Crippen LogP contribution in [-0.2, 0) is 0 Å². The quantitative estimate of drug-likeness (QED) is 0.745. The van der Waals surface area contributed by atoms with Gasteiger partial charge in [0.1, 0.15) is 0 Å². The molecule has 1 heterocycles. The van der Waals surface area contributed by atoms with Gasteiger partial charge in [0.15, 0.2) is 0 Å². The second-order valence-electron chi connectivity index (χ2n) is 3.16. The fourth-order valence-electron chi connectivity index (χ4n) is 1.27. The standard InChI is InChI=1S/C10H17N3/c1-3-9(4-2)13-10-5-8(11)6-12-7-10/h5-7,9,13H,3-4,11H2,1-2H3. The third-order valence-corrected chi connectivity index (χ3v) is 2.12. The zero-order valence-corrected chi connectivity index (χ0v) is 8.25. The number of nitrogens with two attached hydrogens (primary N) is 1. The molecule has 0 saturated heterocycles. The minimum absolute atomic E-state index is 0.517. The van der Waals surface area contributed by atoms with Crippen LogP contribution in [0.3, 0.4) is 0 Å². The van der Waals surface area contributed by atoms with E-state index in [4.69, 9.17) is 5.73 Å².